The molecule has 0 aromatic heterocycles. The number of ether oxygens (including phenoxy) is 2. The second kappa shape index (κ2) is 5.89. The van der Waals surface area contributed by atoms with E-state index in [4.69, 9.17) is 26.2 Å². The number of benzene rings is 1. The predicted octanol–water partition coefficient (Wildman–Crippen LogP) is 2.40. The lowest BCUT2D eigenvalue weighted by Crippen LogP contribution is -2.18. The van der Waals surface area contributed by atoms with Crippen LogP contribution in [0.5, 0.6) is 11.5 Å². The first-order chi connectivity index (χ1) is 9.49. The molecule has 0 saturated carbocycles. The van der Waals surface area contributed by atoms with E-state index in [0.717, 1.165) is 11.1 Å². The monoisotopic (exact) mass is 299 g/mol. The van der Waals surface area contributed by atoms with E-state index in [1.807, 2.05) is 6.92 Å². The Labute approximate surface area is 122 Å². The molecule has 1 fully saturated rings. The Kier molecular flexibility index (Phi) is 4.40. The third-order valence-corrected chi connectivity index (χ3v) is 4.13. The number of methoxy groups -OCH3 is 2. The molecule has 0 bridgehead atoms. The van der Waals surface area contributed by atoms with Crippen LogP contribution < -0.4 is 14.8 Å². The van der Waals surface area contributed by atoms with Gasteiger partial charge in [0.05, 0.1) is 20.1 Å². The van der Waals surface area contributed by atoms with Crippen LogP contribution in [0.15, 0.2) is 6.07 Å². The van der Waals surface area contributed by atoms with Crippen LogP contribution in [0.3, 0.4) is 0 Å². The van der Waals surface area contributed by atoms with Crippen molar-refractivity contribution in [2.24, 2.45) is 5.92 Å². The fraction of sp³-hybridized carbons (Fsp3) is 0.500. The van der Waals surface area contributed by atoms with Gasteiger partial charge in [0.25, 0.3) is 0 Å². The molecule has 0 radical (unpaired) electrons. The largest absolute Gasteiger partial charge is 0.493 e. The molecule has 6 heteroatoms. The minimum atomic E-state index is -0.786. The van der Waals surface area contributed by atoms with Gasteiger partial charge in [-0.2, -0.15) is 0 Å². The van der Waals surface area contributed by atoms with E-state index in [2.05, 4.69) is 5.32 Å². The molecule has 2 atom stereocenters. The molecule has 1 aliphatic rings. The first-order valence-corrected chi connectivity index (χ1v) is 6.74. The molecule has 2 N–H and O–H groups in total. The smallest absolute Gasteiger partial charge is 0.307 e. The van der Waals surface area contributed by atoms with E-state index in [-0.39, 0.29) is 6.04 Å². The lowest BCUT2D eigenvalue weighted by Gasteiger charge is -2.21. The molecule has 1 saturated heterocycles. The van der Waals surface area contributed by atoms with Crippen LogP contribution in [0.4, 0.5) is 0 Å². The zero-order chi connectivity index (χ0) is 14.9. The van der Waals surface area contributed by atoms with Crippen molar-refractivity contribution in [2.45, 2.75) is 19.4 Å². The summed E-state index contributed by atoms with van der Waals surface area (Å²) in [6, 6.07) is 1.61. The minimum Gasteiger partial charge on any atom is -0.493 e. The van der Waals surface area contributed by atoms with Gasteiger partial charge < -0.3 is 19.9 Å². The molecule has 0 aliphatic carbocycles. The summed E-state index contributed by atoms with van der Waals surface area (Å²) in [5.41, 5.74) is 1.76. The van der Waals surface area contributed by atoms with E-state index < -0.39 is 11.9 Å². The Morgan fingerprint density at radius 2 is 2.15 bits per heavy atom. The molecule has 1 heterocycles. The Balaban J connectivity index is 2.45. The van der Waals surface area contributed by atoms with Gasteiger partial charge in [-0.1, -0.05) is 11.6 Å². The lowest BCUT2D eigenvalue weighted by atomic mass is 9.95. The standard InChI is InChI=1S/C14H18ClNO4/c1-7-9(15)5-11(19-2)13(20-3)12(7)10-4-8(6-16-10)14(17)18/h5,8,10,16H,4,6H2,1-3H3,(H,17,18). The molecule has 5 nitrogen and oxygen atoms in total. The molecule has 1 aliphatic heterocycles. The summed E-state index contributed by atoms with van der Waals surface area (Å²) in [5, 5.41) is 12.9. The van der Waals surface area contributed by atoms with E-state index in [1.54, 1.807) is 20.3 Å². The van der Waals surface area contributed by atoms with Crippen LogP contribution in [0.1, 0.15) is 23.6 Å². The van der Waals surface area contributed by atoms with Crippen LogP contribution in [-0.2, 0) is 4.79 Å². The molecule has 20 heavy (non-hydrogen) atoms. The summed E-state index contributed by atoms with van der Waals surface area (Å²) >= 11 is 6.22. The van der Waals surface area contributed by atoms with Crippen molar-refractivity contribution in [3.8, 4) is 11.5 Å². The van der Waals surface area contributed by atoms with Gasteiger partial charge in [-0.3, -0.25) is 4.79 Å². The molecule has 2 rings (SSSR count). The first kappa shape index (κ1) is 14.9. The van der Waals surface area contributed by atoms with Crippen molar-refractivity contribution in [1.29, 1.82) is 0 Å². The van der Waals surface area contributed by atoms with Crippen molar-refractivity contribution in [1.82, 2.24) is 5.32 Å². The molecular formula is C14H18ClNO4. The van der Waals surface area contributed by atoms with E-state index in [0.29, 0.717) is 29.5 Å². The van der Waals surface area contributed by atoms with Gasteiger partial charge in [-0.25, -0.2) is 0 Å². The molecule has 110 valence electrons. The fourth-order valence-electron chi connectivity index (χ4n) is 2.65. The van der Waals surface area contributed by atoms with Crippen LogP contribution in [-0.4, -0.2) is 31.8 Å². The SMILES string of the molecule is COc1cc(Cl)c(C)c(C2CC(C(=O)O)CN2)c1OC. The highest BCUT2D eigenvalue weighted by molar-refractivity contribution is 6.31. The zero-order valence-electron chi connectivity index (χ0n) is 11.7. The van der Waals surface area contributed by atoms with Crippen LogP contribution in [0.2, 0.25) is 5.02 Å². The summed E-state index contributed by atoms with van der Waals surface area (Å²) in [7, 11) is 3.12. The average molecular weight is 300 g/mol. The third kappa shape index (κ3) is 2.55. The summed E-state index contributed by atoms with van der Waals surface area (Å²) in [4.78, 5) is 11.1. The van der Waals surface area contributed by atoms with Gasteiger partial charge in [0.1, 0.15) is 0 Å². The Morgan fingerprint density at radius 3 is 2.65 bits per heavy atom. The lowest BCUT2D eigenvalue weighted by molar-refractivity contribution is -0.141. The van der Waals surface area contributed by atoms with Crippen LogP contribution in [0.25, 0.3) is 0 Å². The van der Waals surface area contributed by atoms with Gasteiger partial charge in [0.2, 0.25) is 0 Å². The van der Waals surface area contributed by atoms with Crippen molar-refractivity contribution in [3.63, 3.8) is 0 Å². The molecular weight excluding hydrogens is 282 g/mol. The summed E-state index contributed by atoms with van der Waals surface area (Å²) in [6.07, 6.45) is 0.510. The number of hydrogen-bond acceptors (Lipinski definition) is 4. The molecule has 0 amide bonds. The number of rotatable bonds is 4. The fourth-order valence-corrected chi connectivity index (χ4v) is 2.85. The highest BCUT2D eigenvalue weighted by Gasteiger charge is 2.34. The minimum absolute atomic E-state index is 0.0985. The number of carboxylic acid groups (broad SMARTS) is 1. The third-order valence-electron chi connectivity index (χ3n) is 3.74. The maximum absolute atomic E-state index is 11.1. The quantitative estimate of drug-likeness (QED) is 0.893. The van der Waals surface area contributed by atoms with Crippen LogP contribution >= 0.6 is 11.6 Å². The van der Waals surface area contributed by atoms with E-state index in [9.17, 15) is 4.79 Å². The highest BCUT2D eigenvalue weighted by Crippen LogP contribution is 2.43. The second-order valence-corrected chi connectivity index (χ2v) is 5.27. The Morgan fingerprint density at radius 1 is 1.45 bits per heavy atom. The van der Waals surface area contributed by atoms with Gasteiger partial charge in [-0.15, -0.1) is 0 Å². The normalized spacial score (nSPS) is 21.8. The zero-order valence-corrected chi connectivity index (χ0v) is 12.5. The predicted molar refractivity (Wildman–Crippen MR) is 75.8 cm³/mol. The van der Waals surface area contributed by atoms with Crippen LogP contribution in [0, 0.1) is 12.8 Å². The summed E-state index contributed by atoms with van der Waals surface area (Å²) < 4.78 is 10.7. The molecule has 1 aromatic rings. The number of aliphatic carboxylic acids is 1. The highest BCUT2D eigenvalue weighted by atomic mass is 35.5. The molecule has 2 unspecified atom stereocenters. The van der Waals surface area contributed by atoms with Gasteiger partial charge in [0, 0.05) is 29.2 Å². The maximum Gasteiger partial charge on any atom is 0.307 e. The van der Waals surface area contributed by atoms with Crippen molar-refractivity contribution < 1.29 is 19.4 Å². The summed E-state index contributed by atoms with van der Waals surface area (Å²) in [5.74, 6) is -0.0173. The number of halogens is 1. The number of carboxylic acids is 1. The van der Waals surface area contributed by atoms with E-state index >= 15 is 0 Å². The second-order valence-electron chi connectivity index (χ2n) is 4.86. The number of carbonyl (C=O) groups is 1. The number of nitrogens with one attached hydrogen (secondary N) is 1. The summed E-state index contributed by atoms with van der Waals surface area (Å²) in [6.45, 7) is 2.34. The topological polar surface area (TPSA) is 67.8 Å². The van der Waals surface area contributed by atoms with Crippen molar-refractivity contribution in [2.75, 3.05) is 20.8 Å². The van der Waals surface area contributed by atoms with Crippen molar-refractivity contribution in [3.05, 3.63) is 22.2 Å². The Hall–Kier alpha value is -1.46. The molecule has 0 spiro atoms. The maximum atomic E-state index is 11.1. The van der Waals surface area contributed by atoms with Gasteiger partial charge in [0.15, 0.2) is 11.5 Å². The van der Waals surface area contributed by atoms with Gasteiger partial charge in [-0.05, 0) is 18.9 Å². The Bertz CT molecular complexity index is 532. The van der Waals surface area contributed by atoms with Gasteiger partial charge >= 0.3 is 5.97 Å². The number of hydrogen-bond donors (Lipinski definition) is 2. The van der Waals surface area contributed by atoms with E-state index in [1.165, 1.54) is 0 Å². The molecule has 1 aromatic carbocycles. The van der Waals surface area contributed by atoms with Crippen molar-refractivity contribution >= 4 is 17.6 Å². The average Bonchev–Trinajstić information content (AvgIpc) is 2.90. The first-order valence-electron chi connectivity index (χ1n) is 6.36.